The number of benzene rings is 1. The molecule has 2 aliphatic heterocycles. The van der Waals surface area contributed by atoms with Gasteiger partial charge < -0.3 is 9.88 Å². The maximum atomic E-state index is 14.1. The van der Waals surface area contributed by atoms with E-state index in [0.717, 1.165) is 49.4 Å². The third-order valence-electron chi connectivity index (χ3n) is 6.81. The van der Waals surface area contributed by atoms with E-state index >= 15 is 0 Å². The molecule has 0 amide bonds. The number of aromatic nitrogens is 2. The van der Waals surface area contributed by atoms with Crippen LogP contribution in [0.4, 0.5) is 14.5 Å². The molecular formula is C24H26F2N4O. The lowest BCUT2D eigenvalue weighted by Crippen LogP contribution is -2.54. The molecule has 31 heavy (non-hydrogen) atoms. The molecule has 0 spiro atoms. The van der Waals surface area contributed by atoms with E-state index in [1.165, 1.54) is 25.0 Å². The molecule has 7 heteroatoms. The molecule has 2 unspecified atom stereocenters. The molecule has 2 atom stereocenters. The minimum Gasteiger partial charge on any atom is -0.367 e. The van der Waals surface area contributed by atoms with E-state index < -0.39 is 11.8 Å². The van der Waals surface area contributed by atoms with Gasteiger partial charge in [-0.25, -0.2) is 9.37 Å². The van der Waals surface area contributed by atoms with Crippen molar-refractivity contribution in [3.63, 3.8) is 0 Å². The molecule has 162 valence electrons. The van der Waals surface area contributed by atoms with Gasteiger partial charge in [-0.3, -0.25) is 9.69 Å². The number of nitrogens with zero attached hydrogens (tertiary/aromatic N) is 3. The van der Waals surface area contributed by atoms with E-state index in [2.05, 4.69) is 19.8 Å². The second-order valence-electron chi connectivity index (χ2n) is 8.75. The number of hydrogen-bond acceptors (Lipinski definition) is 4. The summed E-state index contributed by atoms with van der Waals surface area (Å²) in [6, 6.07) is 9.17. The summed E-state index contributed by atoms with van der Waals surface area (Å²) in [5.41, 5.74) is 2.40. The smallest absolute Gasteiger partial charge is 0.259 e. The SMILES string of the molecule is Cc1ccc(F)c2c(=O)[nH]c(CCCN3C4CCC3CN(c3ccc(F)nc3)C4)cc12. The predicted molar refractivity (Wildman–Crippen MR) is 118 cm³/mol. The molecule has 0 aliphatic carbocycles. The summed E-state index contributed by atoms with van der Waals surface area (Å²) in [7, 11) is 0. The molecule has 2 fully saturated rings. The highest BCUT2D eigenvalue weighted by Gasteiger charge is 2.39. The molecule has 2 saturated heterocycles. The minimum absolute atomic E-state index is 0.146. The van der Waals surface area contributed by atoms with E-state index in [1.54, 1.807) is 18.3 Å². The van der Waals surface area contributed by atoms with Gasteiger partial charge in [-0.1, -0.05) is 6.07 Å². The van der Waals surface area contributed by atoms with Crippen LogP contribution in [-0.4, -0.2) is 46.6 Å². The van der Waals surface area contributed by atoms with E-state index in [0.29, 0.717) is 17.5 Å². The number of pyridine rings is 2. The molecule has 2 aliphatic rings. The van der Waals surface area contributed by atoms with E-state index in [1.807, 2.05) is 13.0 Å². The zero-order valence-electron chi connectivity index (χ0n) is 17.6. The normalized spacial score (nSPS) is 21.2. The molecular weight excluding hydrogens is 398 g/mol. The second-order valence-corrected chi connectivity index (χ2v) is 8.75. The van der Waals surface area contributed by atoms with Crippen molar-refractivity contribution in [1.82, 2.24) is 14.9 Å². The Labute approximate surface area is 179 Å². The van der Waals surface area contributed by atoms with Crippen molar-refractivity contribution in [2.45, 2.75) is 44.7 Å². The third kappa shape index (κ3) is 3.82. The highest BCUT2D eigenvalue weighted by atomic mass is 19.1. The predicted octanol–water partition coefficient (Wildman–Crippen LogP) is 3.80. The molecule has 1 aromatic carbocycles. The van der Waals surface area contributed by atoms with Crippen molar-refractivity contribution in [2.24, 2.45) is 0 Å². The third-order valence-corrected chi connectivity index (χ3v) is 6.81. The van der Waals surface area contributed by atoms with Crippen LogP contribution >= 0.6 is 0 Å². The van der Waals surface area contributed by atoms with Crippen LogP contribution in [0.25, 0.3) is 10.8 Å². The van der Waals surface area contributed by atoms with Crippen LogP contribution in [0.5, 0.6) is 0 Å². The van der Waals surface area contributed by atoms with Crippen LogP contribution in [0.1, 0.15) is 30.5 Å². The van der Waals surface area contributed by atoms with Gasteiger partial charge in [0.05, 0.1) is 17.3 Å². The number of H-pyrrole nitrogens is 1. The number of halogens is 2. The van der Waals surface area contributed by atoms with Gasteiger partial charge in [0.15, 0.2) is 0 Å². The van der Waals surface area contributed by atoms with Gasteiger partial charge in [0.25, 0.3) is 5.56 Å². The van der Waals surface area contributed by atoms with Gasteiger partial charge >= 0.3 is 0 Å². The fourth-order valence-electron chi connectivity index (χ4n) is 5.24. The Hall–Kier alpha value is -2.80. The van der Waals surface area contributed by atoms with Crippen molar-refractivity contribution >= 4 is 16.5 Å². The Kier molecular flexibility index (Phi) is 5.22. The molecule has 2 aromatic heterocycles. The van der Waals surface area contributed by atoms with Crippen molar-refractivity contribution < 1.29 is 8.78 Å². The van der Waals surface area contributed by atoms with Crippen LogP contribution in [0.15, 0.2) is 41.3 Å². The summed E-state index contributed by atoms with van der Waals surface area (Å²) < 4.78 is 27.2. The van der Waals surface area contributed by atoms with Crippen LogP contribution in [0.2, 0.25) is 0 Å². The van der Waals surface area contributed by atoms with Crippen molar-refractivity contribution in [1.29, 1.82) is 0 Å². The summed E-state index contributed by atoms with van der Waals surface area (Å²) in [5.74, 6) is -0.922. The number of rotatable bonds is 5. The lowest BCUT2D eigenvalue weighted by Gasteiger charge is -2.42. The zero-order valence-corrected chi connectivity index (χ0v) is 17.6. The first-order valence-electron chi connectivity index (χ1n) is 10.9. The quantitative estimate of drug-likeness (QED) is 0.633. The standard InChI is InChI=1S/C24H26F2N4O/c1-15-4-8-21(25)23-20(15)11-16(28-24(23)31)3-2-10-30-18-5-6-19(30)14-29(13-18)17-7-9-22(26)27-12-17/h4,7-9,11-12,18-19H,2-3,5-6,10,13-14H2,1H3,(H,28,31). The number of piperazine rings is 1. The number of anilines is 1. The lowest BCUT2D eigenvalue weighted by molar-refractivity contribution is 0.167. The monoisotopic (exact) mass is 424 g/mol. The summed E-state index contributed by atoms with van der Waals surface area (Å²) in [4.78, 5) is 24.0. The summed E-state index contributed by atoms with van der Waals surface area (Å²) >= 11 is 0. The fraction of sp³-hybridized carbons (Fsp3) is 0.417. The lowest BCUT2D eigenvalue weighted by atomic mass is 10.0. The van der Waals surface area contributed by atoms with Gasteiger partial charge in [-0.2, -0.15) is 4.39 Å². The van der Waals surface area contributed by atoms with Crippen LogP contribution in [0, 0.1) is 18.7 Å². The Morgan fingerprint density at radius 2 is 1.90 bits per heavy atom. The van der Waals surface area contributed by atoms with Gasteiger partial charge in [0.1, 0.15) is 5.82 Å². The molecule has 5 rings (SSSR count). The maximum absolute atomic E-state index is 14.1. The average Bonchev–Trinajstić information content (AvgIpc) is 2.98. The van der Waals surface area contributed by atoms with Gasteiger partial charge in [0.2, 0.25) is 5.95 Å². The fourth-order valence-corrected chi connectivity index (χ4v) is 5.24. The highest BCUT2D eigenvalue weighted by molar-refractivity contribution is 5.85. The van der Waals surface area contributed by atoms with Gasteiger partial charge in [0, 0.05) is 30.9 Å². The summed E-state index contributed by atoms with van der Waals surface area (Å²) in [5, 5.41) is 0.841. The number of nitrogens with one attached hydrogen (secondary N) is 1. The number of hydrogen-bond donors (Lipinski definition) is 1. The van der Waals surface area contributed by atoms with Crippen molar-refractivity contribution in [3.8, 4) is 0 Å². The molecule has 2 bridgehead atoms. The first kappa shape index (κ1) is 20.1. The molecule has 4 heterocycles. The Balaban J connectivity index is 1.24. The molecule has 0 saturated carbocycles. The Morgan fingerprint density at radius 3 is 2.61 bits per heavy atom. The number of fused-ring (bicyclic) bond motifs is 3. The Morgan fingerprint density at radius 1 is 1.13 bits per heavy atom. The zero-order chi connectivity index (χ0) is 21.5. The summed E-state index contributed by atoms with van der Waals surface area (Å²) in [6.07, 6.45) is 5.64. The molecule has 3 aromatic rings. The molecule has 0 radical (unpaired) electrons. The maximum Gasteiger partial charge on any atom is 0.259 e. The first-order chi connectivity index (χ1) is 15.0. The van der Waals surface area contributed by atoms with E-state index in [9.17, 15) is 13.6 Å². The number of aryl methyl sites for hydroxylation is 2. The van der Waals surface area contributed by atoms with Crippen molar-refractivity contribution in [2.75, 3.05) is 24.5 Å². The number of aromatic amines is 1. The van der Waals surface area contributed by atoms with Crippen LogP contribution < -0.4 is 10.5 Å². The average molecular weight is 424 g/mol. The van der Waals surface area contributed by atoms with E-state index in [4.69, 9.17) is 0 Å². The molecule has 5 nitrogen and oxygen atoms in total. The first-order valence-corrected chi connectivity index (χ1v) is 10.9. The van der Waals surface area contributed by atoms with Crippen molar-refractivity contribution in [3.05, 3.63) is 69.9 Å². The second kappa shape index (κ2) is 8.04. The Bertz CT molecular complexity index is 1150. The van der Waals surface area contributed by atoms with Crippen LogP contribution in [0.3, 0.4) is 0 Å². The topological polar surface area (TPSA) is 52.2 Å². The van der Waals surface area contributed by atoms with E-state index in [-0.39, 0.29) is 10.9 Å². The molecule has 1 N–H and O–H groups in total. The highest BCUT2D eigenvalue weighted by Crippen LogP contribution is 2.32. The largest absolute Gasteiger partial charge is 0.367 e. The van der Waals surface area contributed by atoms with Gasteiger partial charge in [-0.15, -0.1) is 0 Å². The van der Waals surface area contributed by atoms with Gasteiger partial charge in [-0.05, 0) is 74.4 Å². The van der Waals surface area contributed by atoms with Crippen LogP contribution in [-0.2, 0) is 6.42 Å². The minimum atomic E-state index is -0.473. The summed E-state index contributed by atoms with van der Waals surface area (Å²) in [6.45, 7) is 4.72.